The Bertz CT molecular complexity index is 190. The lowest BCUT2D eigenvalue weighted by molar-refractivity contribution is 0.00952. The highest BCUT2D eigenvalue weighted by molar-refractivity contribution is 4.88. The average Bonchev–Trinajstić information content (AvgIpc) is 2.30. The summed E-state index contributed by atoms with van der Waals surface area (Å²) in [6.45, 7) is 5.66. The average molecular weight is 212 g/mol. The van der Waals surface area contributed by atoms with Gasteiger partial charge < -0.3 is 10.4 Å². The second-order valence-corrected chi connectivity index (χ2v) is 4.98. The zero-order chi connectivity index (χ0) is 10.7. The van der Waals surface area contributed by atoms with Gasteiger partial charge in [0, 0.05) is 25.2 Å². The molecule has 0 aromatic carbocycles. The van der Waals surface area contributed by atoms with Gasteiger partial charge >= 0.3 is 0 Å². The van der Waals surface area contributed by atoms with E-state index in [-0.39, 0.29) is 6.10 Å². The molecule has 0 amide bonds. The van der Waals surface area contributed by atoms with Crippen molar-refractivity contribution in [2.24, 2.45) is 0 Å². The number of hydrogen-bond acceptors (Lipinski definition) is 3. The van der Waals surface area contributed by atoms with Crippen molar-refractivity contribution in [3.8, 4) is 0 Å². The van der Waals surface area contributed by atoms with E-state index in [0.717, 1.165) is 32.0 Å². The quantitative estimate of drug-likeness (QED) is 0.716. The van der Waals surface area contributed by atoms with E-state index in [1.54, 1.807) is 0 Å². The van der Waals surface area contributed by atoms with Crippen LogP contribution in [0.5, 0.6) is 0 Å². The van der Waals surface area contributed by atoms with Gasteiger partial charge in [-0.2, -0.15) is 0 Å². The molecule has 3 atom stereocenters. The van der Waals surface area contributed by atoms with Gasteiger partial charge in [0.25, 0.3) is 0 Å². The minimum absolute atomic E-state index is 0.0530. The first-order valence-corrected chi connectivity index (χ1v) is 6.45. The van der Waals surface area contributed by atoms with Gasteiger partial charge in [0.2, 0.25) is 0 Å². The highest BCUT2D eigenvalue weighted by Gasteiger charge is 2.31. The van der Waals surface area contributed by atoms with Crippen LogP contribution in [0.2, 0.25) is 0 Å². The summed E-state index contributed by atoms with van der Waals surface area (Å²) in [5, 5.41) is 13.2. The molecule has 0 bridgehead atoms. The number of hydrogen-bond donors (Lipinski definition) is 2. The van der Waals surface area contributed by atoms with Gasteiger partial charge in [0.15, 0.2) is 0 Å². The van der Waals surface area contributed by atoms with Gasteiger partial charge in [-0.15, -0.1) is 0 Å². The maximum Gasteiger partial charge on any atom is 0.0567 e. The van der Waals surface area contributed by atoms with Gasteiger partial charge in [-0.05, 0) is 38.6 Å². The molecular weight excluding hydrogens is 188 g/mol. The molecule has 0 aliphatic carbocycles. The summed E-state index contributed by atoms with van der Waals surface area (Å²) in [7, 11) is 0. The normalized spacial score (nSPS) is 39.2. The maximum atomic E-state index is 9.68. The van der Waals surface area contributed by atoms with Gasteiger partial charge in [0.1, 0.15) is 0 Å². The third-order valence-corrected chi connectivity index (χ3v) is 3.94. The summed E-state index contributed by atoms with van der Waals surface area (Å²) in [4.78, 5) is 2.64. The molecule has 0 aromatic heterocycles. The van der Waals surface area contributed by atoms with Crippen molar-refractivity contribution in [3.63, 3.8) is 0 Å². The predicted octanol–water partition coefficient (Wildman–Crippen LogP) is 0.974. The van der Waals surface area contributed by atoms with Crippen LogP contribution < -0.4 is 5.32 Å². The molecule has 0 radical (unpaired) electrons. The topological polar surface area (TPSA) is 35.5 Å². The molecule has 0 aromatic rings. The van der Waals surface area contributed by atoms with Crippen molar-refractivity contribution in [2.75, 3.05) is 19.6 Å². The van der Waals surface area contributed by atoms with Crippen molar-refractivity contribution < 1.29 is 5.11 Å². The van der Waals surface area contributed by atoms with E-state index in [4.69, 9.17) is 0 Å². The summed E-state index contributed by atoms with van der Waals surface area (Å²) in [6.07, 6.45) is 5.70. The Morgan fingerprint density at radius 2 is 2.27 bits per heavy atom. The van der Waals surface area contributed by atoms with Crippen LogP contribution in [0, 0.1) is 0 Å². The first-order valence-electron chi connectivity index (χ1n) is 6.45. The fourth-order valence-corrected chi connectivity index (χ4v) is 3.05. The van der Waals surface area contributed by atoms with Gasteiger partial charge in [-0.1, -0.05) is 6.92 Å². The number of rotatable bonds is 2. The molecule has 2 saturated heterocycles. The van der Waals surface area contributed by atoms with Crippen LogP contribution in [-0.2, 0) is 0 Å². The monoisotopic (exact) mass is 212 g/mol. The van der Waals surface area contributed by atoms with Gasteiger partial charge in [0.05, 0.1) is 6.10 Å². The Morgan fingerprint density at radius 3 is 2.93 bits per heavy atom. The van der Waals surface area contributed by atoms with Crippen LogP contribution in [0.4, 0.5) is 0 Å². The van der Waals surface area contributed by atoms with Crippen molar-refractivity contribution in [1.82, 2.24) is 10.2 Å². The minimum atomic E-state index is -0.0530. The fourth-order valence-electron chi connectivity index (χ4n) is 3.05. The molecule has 2 heterocycles. The SMILES string of the molecule is CCC1CC(O)CCN1C1CCCNC1. The summed E-state index contributed by atoms with van der Waals surface area (Å²) >= 11 is 0. The van der Waals surface area contributed by atoms with E-state index < -0.39 is 0 Å². The molecule has 0 saturated carbocycles. The maximum absolute atomic E-state index is 9.68. The minimum Gasteiger partial charge on any atom is -0.393 e. The van der Waals surface area contributed by atoms with E-state index in [1.165, 1.54) is 25.8 Å². The number of likely N-dealkylation sites (tertiary alicyclic amines) is 1. The lowest BCUT2D eigenvalue weighted by Crippen LogP contribution is -2.54. The molecule has 2 rings (SSSR count). The van der Waals surface area contributed by atoms with Crippen molar-refractivity contribution >= 4 is 0 Å². The molecule has 2 N–H and O–H groups in total. The number of nitrogens with one attached hydrogen (secondary N) is 1. The van der Waals surface area contributed by atoms with Crippen LogP contribution in [0.3, 0.4) is 0 Å². The van der Waals surface area contributed by atoms with Gasteiger partial charge in [-0.3, -0.25) is 4.90 Å². The lowest BCUT2D eigenvalue weighted by Gasteiger charge is -2.44. The highest BCUT2D eigenvalue weighted by atomic mass is 16.3. The Labute approximate surface area is 92.8 Å². The summed E-state index contributed by atoms with van der Waals surface area (Å²) in [5.74, 6) is 0. The largest absolute Gasteiger partial charge is 0.393 e. The van der Waals surface area contributed by atoms with Crippen LogP contribution in [0.1, 0.15) is 39.0 Å². The van der Waals surface area contributed by atoms with Crippen LogP contribution in [-0.4, -0.2) is 47.8 Å². The standard InChI is InChI=1S/C12H24N2O/c1-2-10-8-12(15)5-7-14(10)11-4-3-6-13-9-11/h10-13,15H,2-9H2,1H3. The number of nitrogens with zero attached hydrogens (tertiary/aromatic N) is 1. The molecule has 3 unspecified atom stereocenters. The second kappa shape index (κ2) is 5.28. The molecular formula is C12H24N2O. The fraction of sp³-hybridized carbons (Fsp3) is 1.00. The Morgan fingerprint density at radius 1 is 1.40 bits per heavy atom. The highest BCUT2D eigenvalue weighted by Crippen LogP contribution is 2.24. The van der Waals surface area contributed by atoms with Crippen LogP contribution in [0.15, 0.2) is 0 Å². The smallest absolute Gasteiger partial charge is 0.0567 e. The third-order valence-electron chi connectivity index (χ3n) is 3.94. The predicted molar refractivity (Wildman–Crippen MR) is 61.9 cm³/mol. The number of aliphatic hydroxyl groups excluding tert-OH is 1. The van der Waals surface area contributed by atoms with Crippen LogP contribution >= 0.6 is 0 Å². The Kier molecular flexibility index (Phi) is 4.00. The molecule has 3 heteroatoms. The zero-order valence-electron chi connectivity index (χ0n) is 9.78. The van der Waals surface area contributed by atoms with E-state index >= 15 is 0 Å². The van der Waals surface area contributed by atoms with E-state index in [1.807, 2.05) is 0 Å². The van der Waals surface area contributed by atoms with Crippen molar-refractivity contribution in [3.05, 3.63) is 0 Å². The van der Waals surface area contributed by atoms with E-state index in [2.05, 4.69) is 17.1 Å². The molecule has 0 spiro atoms. The van der Waals surface area contributed by atoms with E-state index in [9.17, 15) is 5.11 Å². The molecule has 2 fully saturated rings. The van der Waals surface area contributed by atoms with Crippen molar-refractivity contribution in [2.45, 2.75) is 57.2 Å². The van der Waals surface area contributed by atoms with Gasteiger partial charge in [-0.25, -0.2) is 0 Å². The summed E-state index contributed by atoms with van der Waals surface area (Å²) in [6, 6.07) is 1.33. The molecule has 2 aliphatic heterocycles. The van der Waals surface area contributed by atoms with E-state index in [0.29, 0.717) is 6.04 Å². The Hall–Kier alpha value is -0.120. The first-order chi connectivity index (χ1) is 7.31. The molecule has 2 aliphatic rings. The summed E-state index contributed by atoms with van der Waals surface area (Å²) < 4.78 is 0. The van der Waals surface area contributed by atoms with Crippen molar-refractivity contribution in [1.29, 1.82) is 0 Å². The number of aliphatic hydroxyl groups is 1. The molecule has 3 nitrogen and oxygen atoms in total. The second-order valence-electron chi connectivity index (χ2n) is 4.98. The lowest BCUT2D eigenvalue weighted by atomic mass is 9.93. The zero-order valence-corrected chi connectivity index (χ0v) is 9.78. The summed E-state index contributed by atoms with van der Waals surface area (Å²) in [5.41, 5.74) is 0. The molecule has 15 heavy (non-hydrogen) atoms. The van der Waals surface area contributed by atoms with Crippen LogP contribution in [0.25, 0.3) is 0 Å². The third kappa shape index (κ3) is 2.71. The first kappa shape index (κ1) is 11.4. The Balaban J connectivity index is 1.93. The number of piperidine rings is 2. The molecule has 88 valence electrons.